The van der Waals surface area contributed by atoms with Crippen LogP contribution in [0.4, 0.5) is 0 Å². The van der Waals surface area contributed by atoms with E-state index in [1.165, 1.54) is 33.9 Å². The van der Waals surface area contributed by atoms with E-state index >= 15 is 0 Å². The Morgan fingerprint density at radius 1 is 0.943 bits per heavy atom. The molecule has 2 aromatic heterocycles. The number of pyridine rings is 2. The van der Waals surface area contributed by atoms with Crippen molar-refractivity contribution in [1.29, 1.82) is 0 Å². The second-order valence-electron chi connectivity index (χ2n) is 10.1. The fourth-order valence-corrected chi connectivity index (χ4v) is 4.81. The second kappa shape index (κ2) is 9.46. The highest BCUT2D eigenvalue weighted by Gasteiger charge is 2.22. The van der Waals surface area contributed by atoms with Gasteiger partial charge in [0.05, 0.1) is 11.1 Å². The molecule has 2 heterocycles. The van der Waals surface area contributed by atoms with Gasteiger partial charge in [0.1, 0.15) is 5.60 Å². The van der Waals surface area contributed by atoms with Gasteiger partial charge in [-0.3, -0.25) is 9.97 Å². The summed E-state index contributed by atoms with van der Waals surface area (Å²) >= 11 is 0. The van der Waals surface area contributed by atoms with Crippen LogP contribution >= 0.6 is 0 Å². The summed E-state index contributed by atoms with van der Waals surface area (Å²) in [5.41, 5.74) is 6.84. The SMILES string of the molecule is CC(C)(C)OC(=O)c1ccc2ccc3c(c2c1)CCC1=C3C=CCC1.c1cnc2ccncc2c1. The third-order valence-corrected chi connectivity index (χ3v) is 6.42. The first-order valence-corrected chi connectivity index (χ1v) is 12.2. The zero-order valence-electron chi connectivity index (χ0n) is 20.5. The average Bonchev–Trinajstić information content (AvgIpc) is 2.87. The lowest BCUT2D eigenvalue weighted by Gasteiger charge is -2.25. The minimum atomic E-state index is -0.477. The molecule has 0 saturated carbocycles. The van der Waals surface area contributed by atoms with Crippen molar-refractivity contribution in [1.82, 2.24) is 9.97 Å². The van der Waals surface area contributed by atoms with Gasteiger partial charge in [0.2, 0.25) is 0 Å². The molecule has 4 nitrogen and oxygen atoms in total. The van der Waals surface area contributed by atoms with Crippen molar-refractivity contribution in [3.05, 3.63) is 102 Å². The number of rotatable bonds is 1. The molecule has 4 heteroatoms. The van der Waals surface area contributed by atoms with Gasteiger partial charge in [0.25, 0.3) is 0 Å². The molecule has 0 atom stereocenters. The summed E-state index contributed by atoms with van der Waals surface area (Å²) in [5, 5.41) is 3.46. The minimum absolute atomic E-state index is 0.250. The number of fused-ring (bicyclic) bond motifs is 5. The average molecular weight is 463 g/mol. The maximum absolute atomic E-state index is 12.5. The van der Waals surface area contributed by atoms with Gasteiger partial charge in [-0.25, -0.2) is 4.79 Å². The molecule has 0 bridgehead atoms. The highest BCUT2D eigenvalue weighted by Crippen LogP contribution is 2.40. The summed E-state index contributed by atoms with van der Waals surface area (Å²) < 4.78 is 5.54. The summed E-state index contributed by atoms with van der Waals surface area (Å²) in [6.45, 7) is 5.70. The number of allylic oxidation sites excluding steroid dienone is 4. The monoisotopic (exact) mass is 462 g/mol. The predicted molar refractivity (Wildman–Crippen MR) is 142 cm³/mol. The molecule has 4 aromatic rings. The van der Waals surface area contributed by atoms with E-state index < -0.39 is 5.60 Å². The maximum Gasteiger partial charge on any atom is 0.338 e. The van der Waals surface area contributed by atoms with Crippen LogP contribution in [0.25, 0.3) is 27.2 Å². The largest absolute Gasteiger partial charge is 0.456 e. The molecule has 0 spiro atoms. The van der Waals surface area contributed by atoms with Crippen LogP contribution in [0.3, 0.4) is 0 Å². The molecule has 2 aliphatic carbocycles. The molecular weight excluding hydrogens is 432 g/mol. The molecule has 0 unspecified atom stereocenters. The molecule has 0 aliphatic heterocycles. The number of carbonyl (C=O) groups excluding carboxylic acids is 1. The predicted octanol–water partition coefficient (Wildman–Crippen LogP) is 7.47. The van der Waals surface area contributed by atoms with Gasteiger partial charge in [-0.05, 0) is 104 Å². The first-order chi connectivity index (χ1) is 16.9. The smallest absolute Gasteiger partial charge is 0.338 e. The highest BCUT2D eigenvalue weighted by molar-refractivity contribution is 5.99. The van der Waals surface area contributed by atoms with Gasteiger partial charge in [-0.1, -0.05) is 35.9 Å². The van der Waals surface area contributed by atoms with E-state index in [-0.39, 0.29) is 5.97 Å². The molecule has 0 radical (unpaired) electrons. The lowest BCUT2D eigenvalue weighted by molar-refractivity contribution is 0.00697. The number of nitrogens with zero attached hydrogens (tertiary/aromatic N) is 2. The lowest BCUT2D eigenvalue weighted by atomic mass is 9.79. The number of ether oxygens (including phenoxy) is 1. The summed E-state index contributed by atoms with van der Waals surface area (Å²) in [5.74, 6) is -0.250. The van der Waals surface area contributed by atoms with Crippen molar-refractivity contribution in [2.75, 3.05) is 0 Å². The molecule has 6 rings (SSSR count). The van der Waals surface area contributed by atoms with Crippen LogP contribution < -0.4 is 0 Å². The Labute approximate surface area is 206 Å². The summed E-state index contributed by atoms with van der Waals surface area (Å²) in [6, 6.07) is 16.1. The fraction of sp³-hybridized carbons (Fsp3) is 0.258. The molecule has 0 amide bonds. The standard InChI is InChI=1S/C23H24O2.C8H6N2/c1-23(2,3)25-22(24)17-9-8-16-11-12-19-18-7-5-4-6-15(18)10-13-20(19)21(16)14-17;1-2-7-6-9-5-3-8(7)10-4-1/h5,7-9,11-12,14H,4,6,10,13H2,1-3H3;1-6H. The van der Waals surface area contributed by atoms with Gasteiger partial charge in [-0.15, -0.1) is 0 Å². The van der Waals surface area contributed by atoms with Gasteiger partial charge < -0.3 is 4.74 Å². The zero-order valence-corrected chi connectivity index (χ0v) is 20.5. The molecule has 2 aromatic carbocycles. The quantitative estimate of drug-likeness (QED) is 0.275. The van der Waals surface area contributed by atoms with Gasteiger partial charge in [-0.2, -0.15) is 0 Å². The lowest BCUT2D eigenvalue weighted by Crippen LogP contribution is -2.23. The Morgan fingerprint density at radius 2 is 1.80 bits per heavy atom. The minimum Gasteiger partial charge on any atom is -0.456 e. The van der Waals surface area contributed by atoms with Gasteiger partial charge in [0, 0.05) is 24.0 Å². The normalized spacial score (nSPS) is 14.7. The molecule has 35 heavy (non-hydrogen) atoms. The molecule has 176 valence electrons. The molecule has 0 saturated heterocycles. The fourth-order valence-electron chi connectivity index (χ4n) is 4.81. The van der Waals surface area contributed by atoms with Crippen molar-refractivity contribution in [3.63, 3.8) is 0 Å². The first-order valence-electron chi connectivity index (χ1n) is 12.2. The molecular formula is C31H30N2O2. The number of benzene rings is 2. The van der Waals surface area contributed by atoms with E-state index in [1.54, 1.807) is 18.0 Å². The number of aryl methyl sites for hydroxylation is 1. The Kier molecular flexibility index (Phi) is 6.21. The van der Waals surface area contributed by atoms with Crippen LogP contribution in [-0.4, -0.2) is 21.5 Å². The van der Waals surface area contributed by atoms with Crippen LogP contribution in [0, 0.1) is 0 Å². The van der Waals surface area contributed by atoms with Crippen LogP contribution in [0.5, 0.6) is 0 Å². The Morgan fingerprint density at radius 3 is 2.63 bits per heavy atom. The Bertz CT molecular complexity index is 1410. The number of carbonyl (C=O) groups is 1. The van der Waals surface area contributed by atoms with Gasteiger partial charge in [0.15, 0.2) is 0 Å². The van der Waals surface area contributed by atoms with Crippen molar-refractivity contribution in [2.45, 2.75) is 52.1 Å². The van der Waals surface area contributed by atoms with Crippen molar-refractivity contribution >= 4 is 33.2 Å². The van der Waals surface area contributed by atoms with Crippen LogP contribution in [0.15, 0.2) is 84.8 Å². The topological polar surface area (TPSA) is 52.1 Å². The summed E-state index contributed by atoms with van der Waals surface area (Å²) in [6.07, 6.45) is 14.4. The number of esters is 1. The first kappa shape index (κ1) is 23.0. The second-order valence-corrected chi connectivity index (χ2v) is 10.1. The van der Waals surface area contributed by atoms with Gasteiger partial charge >= 0.3 is 5.97 Å². The number of hydrogen-bond donors (Lipinski definition) is 0. The van der Waals surface area contributed by atoms with Crippen molar-refractivity contribution in [2.24, 2.45) is 0 Å². The van der Waals surface area contributed by atoms with Crippen LogP contribution in [0.2, 0.25) is 0 Å². The molecule has 2 aliphatic rings. The van der Waals surface area contributed by atoms with Crippen LogP contribution in [0.1, 0.15) is 61.5 Å². The third kappa shape index (κ3) is 5.02. The van der Waals surface area contributed by atoms with E-state index in [2.05, 4.69) is 34.3 Å². The third-order valence-electron chi connectivity index (χ3n) is 6.42. The van der Waals surface area contributed by atoms with E-state index in [9.17, 15) is 4.79 Å². The van der Waals surface area contributed by atoms with Crippen LogP contribution in [-0.2, 0) is 11.2 Å². The van der Waals surface area contributed by atoms with E-state index in [4.69, 9.17) is 4.74 Å². The highest BCUT2D eigenvalue weighted by atomic mass is 16.6. The summed E-state index contributed by atoms with van der Waals surface area (Å²) in [7, 11) is 0. The maximum atomic E-state index is 12.5. The zero-order chi connectivity index (χ0) is 24.4. The summed E-state index contributed by atoms with van der Waals surface area (Å²) in [4.78, 5) is 20.6. The van der Waals surface area contributed by atoms with E-state index in [0.717, 1.165) is 30.2 Å². The van der Waals surface area contributed by atoms with Crippen molar-refractivity contribution < 1.29 is 9.53 Å². The molecule has 0 N–H and O–H groups in total. The Balaban J connectivity index is 0.000000211. The molecule has 0 fully saturated rings. The number of hydrogen-bond acceptors (Lipinski definition) is 4. The van der Waals surface area contributed by atoms with Crippen molar-refractivity contribution in [3.8, 4) is 0 Å². The van der Waals surface area contributed by atoms with E-state index in [1.807, 2.05) is 63.4 Å². The Hall–Kier alpha value is -3.79. The number of aromatic nitrogens is 2. The van der Waals surface area contributed by atoms with E-state index in [0.29, 0.717) is 5.56 Å².